The van der Waals surface area contributed by atoms with Crippen molar-refractivity contribution in [1.82, 2.24) is 10.6 Å². The van der Waals surface area contributed by atoms with E-state index in [1.807, 2.05) is 18.2 Å². The summed E-state index contributed by atoms with van der Waals surface area (Å²) >= 11 is 0. The third-order valence-electron chi connectivity index (χ3n) is 5.18. The predicted molar refractivity (Wildman–Crippen MR) is 89.2 cm³/mol. The number of methoxy groups -OCH3 is 2. The SMILES string of the molecule is COc1ccc(C2(C(=O)NC3CCNC3=O)CCCC2)cc1OC. The van der Waals surface area contributed by atoms with Crippen LogP contribution >= 0.6 is 0 Å². The van der Waals surface area contributed by atoms with Gasteiger partial charge in [0, 0.05) is 6.54 Å². The van der Waals surface area contributed by atoms with Gasteiger partial charge in [0.25, 0.3) is 0 Å². The standard InChI is InChI=1S/C18H24N2O4/c1-23-14-6-5-12(11-15(14)24-2)18(8-3-4-9-18)17(22)20-13-7-10-19-16(13)21/h5-6,11,13H,3-4,7-10H2,1-2H3,(H,19,21)(H,20,22). The van der Waals surface area contributed by atoms with E-state index in [2.05, 4.69) is 10.6 Å². The van der Waals surface area contributed by atoms with Crippen molar-refractivity contribution in [3.8, 4) is 11.5 Å². The van der Waals surface area contributed by atoms with Crippen LogP contribution in [0.25, 0.3) is 0 Å². The molecule has 2 fully saturated rings. The second-order valence-corrected chi connectivity index (χ2v) is 6.46. The first-order valence-corrected chi connectivity index (χ1v) is 8.42. The van der Waals surface area contributed by atoms with Gasteiger partial charge in [0.15, 0.2) is 11.5 Å². The van der Waals surface area contributed by atoms with Crippen LogP contribution in [0.2, 0.25) is 0 Å². The monoisotopic (exact) mass is 332 g/mol. The minimum Gasteiger partial charge on any atom is -0.493 e. The lowest BCUT2D eigenvalue weighted by atomic mass is 9.77. The van der Waals surface area contributed by atoms with Gasteiger partial charge in [0.05, 0.1) is 19.6 Å². The molecule has 2 N–H and O–H groups in total. The number of hydrogen-bond acceptors (Lipinski definition) is 4. The van der Waals surface area contributed by atoms with Gasteiger partial charge in [0.1, 0.15) is 6.04 Å². The summed E-state index contributed by atoms with van der Waals surface area (Å²) in [5.74, 6) is 1.11. The van der Waals surface area contributed by atoms with Crippen molar-refractivity contribution in [3.05, 3.63) is 23.8 Å². The Labute approximate surface area is 141 Å². The van der Waals surface area contributed by atoms with Gasteiger partial charge in [-0.1, -0.05) is 18.9 Å². The quantitative estimate of drug-likeness (QED) is 0.857. The molecule has 0 aromatic heterocycles. The molecule has 1 atom stereocenters. The molecule has 1 aliphatic carbocycles. The smallest absolute Gasteiger partial charge is 0.242 e. The second-order valence-electron chi connectivity index (χ2n) is 6.46. The number of benzene rings is 1. The fourth-order valence-electron chi connectivity index (χ4n) is 3.79. The Hall–Kier alpha value is -2.24. The number of rotatable bonds is 5. The summed E-state index contributed by atoms with van der Waals surface area (Å²) in [6.07, 6.45) is 4.20. The van der Waals surface area contributed by atoms with Gasteiger partial charge in [-0.25, -0.2) is 0 Å². The Bertz CT molecular complexity index is 638. The van der Waals surface area contributed by atoms with Crippen molar-refractivity contribution in [1.29, 1.82) is 0 Å². The summed E-state index contributed by atoms with van der Waals surface area (Å²) in [5.41, 5.74) is 0.330. The summed E-state index contributed by atoms with van der Waals surface area (Å²) in [6.45, 7) is 0.618. The number of ether oxygens (including phenoxy) is 2. The van der Waals surface area contributed by atoms with E-state index in [9.17, 15) is 9.59 Å². The number of carbonyl (C=O) groups is 2. The Morgan fingerprint density at radius 2 is 1.92 bits per heavy atom. The minimum atomic E-state index is -0.595. The Kier molecular flexibility index (Phi) is 4.64. The van der Waals surface area contributed by atoms with E-state index in [4.69, 9.17) is 9.47 Å². The van der Waals surface area contributed by atoms with Gasteiger partial charge in [-0.2, -0.15) is 0 Å². The van der Waals surface area contributed by atoms with Crippen LogP contribution in [0, 0.1) is 0 Å². The van der Waals surface area contributed by atoms with Crippen LogP contribution in [0.4, 0.5) is 0 Å². The van der Waals surface area contributed by atoms with E-state index in [0.29, 0.717) is 24.5 Å². The molecule has 24 heavy (non-hydrogen) atoms. The molecule has 2 amide bonds. The van der Waals surface area contributed by atoms with E-state index in [0.717, 1.165) is 31.2 Å². The van der Waals surface area contributed by atoms with Crippen LogP contribution in [-0.2, 0) is 15.0 Å². The van der Waals surface area contributed by atoms with Crippen LogP contribution < -0.4 is 20.1 Å². The zero-order valence-electron chi connectivity index (χ0n) is 14.2. The molecule has 0 bridgehead atoms. The van der Waals surface area contributed by atoms with Crippen LogP contribution in [0.15, 0.2) is 18.2 Å². The molecule has 1 aromatic rings. The number of carbonyl (C=O) groups excluding carboxylic acids is 2. The number of nitrogens with one attached hydrogen (secondary N) is 2. The van der Waals surface area contributed by atoms with E-state index in [1.54, 1.807) is 14.2 Å². The first-order chi connectivity index (χ1) is 11.6. The largest absolute Gasteiger partial charge is 0.493 e. The summed E-state index contributed by atoms with van der Waals surface area (Å²) < 4.78 is 10.7. The summed E-state index contributed by atoms with van der Waals surface area (Å²) in [6, 6.07) is 5.23. The Balaban J connectivity index is 1.90. The van der Waals surface area contributed by atoms with E-state index < -0.39 is 11.5 Å². The first kappa shape index (κ1) is 16.6. The molecular weight excluding hydrogens is 308 g/mol. The highest BCUT2D eigenvalue weighted by Gasteiger charge is 2.44. The lowest BCUT2D eigenvalue weighted by Crippen LogP contribution is -2.49. The number of hydrogen-bond donors (Lipinski definition) is 2. The molecule has 1 saturated carbocycles. The topological polar surface area (TPSA) is 76.7 Å². The van der Waals surface area contributed by atoms with Crippen molar-refractivity contribution in [3.63, 3.8) is 0 Å². The molecule has 2 aliphatic rings. The van der Waals surface area contributed by atoms with E-state index in [-0.39, 0.29) is 11.8 Å². The maximum absolute atomic E-state index is 13.1. The van der Waals surface area contributed by atoms with Crippen molar-refractivity contribution in [2.24, 2.45) is 0 Å². The average Bonchev–Trinajstić information content (AvgIpc) is 3.24. The normalized spacial score (nSPS) is 22.1. The van der Waals surface area contributed by atoms with Crippen LogP contribution in [0.3, 0.4) is 0 Å². The van der Waals surface area contributed by atoms with Gasteiger partial charge in [-0.3, -0.25) is 9.59 Å². The van der Waals surface area contributed by atoms with Gasteiger partial charge in [-0.05, 0) is 37.0 Å². The van der Waals surface area contributed by atoms with Crippen molar-refractivity contribution in [2.45, 2.75) is 43.6 Å². The molecule has 1 aromatic carbocycles. The van der Waals surface area contributed by atoms with Crippen molar-refractivity contribution >= 4 is 11.8 Å². The molecule has 1 heterocycles. The Morgan fingerprint density at radius 1 is 1.21 bits per heavy atom. The number of amides is 2. The lowest BCUT2D eigenvalue weighted by Gasteiger charge is -2.30. The van der Waals surface area contributed by atoms with Gasteiger partial charge in [0.2, 0.25) is 11.8 Å². The minimum absolute atomic E-state index is 0.0609. The lowest BCUT2D eigenvalue weighted by molar-refractivity contribution is -0.131. The molecule has 1 unspecified atom stereocenters. The maximum atomic E-state index is 13.1. The molecule has 0 spiro atoms. The van der Waals surface area contributed by atoms with Crippen LogP contribution in [0.1, 0.15) is 37.7 Å². The van der Waals surface area contributed by atoms with Gasteiger partial charge < -0.3 is 20.1 Å². The zero-order chi connectivity index (χ0) is 17.2. The molecule has 1 saturated heterocycles. The molecule has 6 nitrogen and oxygen atoms in total. The highest BCUT2D eigenvalue weighted by atomic mass is 16.5. The summed E-state index contributed by atoms with van der Waals surface area (Å²) in [7, 11) is 3.18. The molecular formula is C18H24N2O4. The maximum Gasteiger partial charge on any atom is 0.242 e. The third kappa shape index (κ3) is 2.81. The van der Waals surface area contributed by atoms with Crippen LogP contribution in [0.5, 0.6) is 11.5 Å². The van der Waals surface area contributed by atoms with Crippen LogP contribution in [-0.4, -0.2) is 38.6 Å². The van der Waals surface area contributed by atoms with Crippen molar-refractivity contribution in [2.75, 3.05) is 20.8 Å². The van der Waals surface area contributed by atoms with E-state index >= 15 is 0 Å². The highest BCUT2D eigenvalue weighted by molar-refractivity contribution is 5.94. The molecule has 0 radical (unpaired) electrons. The Morgan fingerprint density at radius 3 is 2.50 bits per heavy atom. The molecule has 130 valence electrons. The fraction of sp³-hybridized carbons (Fsp3) is 0.556. The first-order valence-electron chi connectivity index (χ1n) is 8.42. The second kappa shape index (κ2) is 6.71. The summed E-state index contributed by atoms with van der Waals surface area (Å²) in [4.78, 5) is 24.8. The van der Waals surface area contributed by atoms with Crippen molar-refractivity contribution < 1.29 is 19.1 Å². The molecule has 3 rings (SSSR count). The predicted octanol–water partition coefficient (Wildman–Crippen LogP) is 1.52. The zero-order valence-corrected chi connectivity index (χ0v) is 14.2. The third-order valence-corrected chi connectivity index (χ3v) is 5.18. The van der Waals surface area contributed by atoms with Gasteiger partial charge in [-0.15, -0.1) is 0 Å². The van der Waals surface area contributed by atoms with E-state index in [1.165, 1.54) is 0 Å². The molecule has 6 heteroatoms. The summed E-state index contributed by atoms with van der Waals surface area (Å²) in [5, 5.41) is 5.71. The molecule has 1 aliphatic heterocycles. The van der Waals surface area contributed by atoms with Gasteiger partial charge >= 0.3 is 0 Å². The average molecular weight is 332 g/mol. The fourth-order valence-corrected chi connectivity index (χ4v) is 3.79. The highest BCUT2D eigenvalue weighted by Crippen LogP contribution is 2.44.